The van der Waals surface area contributed by atoms with Crippen LogP contribution in [0.2, 0.25) is 0 Å². The van der Waals surface area contributed by atoms with Gasteiger partial charge in [-0.1, -0.05) is 39.5 Å². The molecule has 0 aromatic carbocycles. The van der Waals surface area contributed by atoms with E-state index in [4.69, 9.17) is 0 Å². The van der Waals surface area contributed by atoms with Crippen LogP contribution in [0.3, 0.4) is 0 Å². The fourth-order valence-corrected chi connectivity index (χ4v) is 3.71. The SMILES string of the molecule is CCCCCCS(=O)(=O)N(CCCC)C(C)C. The van der Waals surface area contributed by atoms with Crippen molar-refractivity contribution in [1.82, 2.24) is 4.31 Å². The van der Waals surface area contributed by atoms with Crippen molar-refractivity contribution in [3.63, 3.8) is 0 Å². The first-order chi connectivity index (χ1) is 7.95. The molecule has 0 aliphatic heterocycles. The summed E-state index contributed by atoms with van der Waals surface area (Å²) in [4.78, 5) is 0. The Balaban J connectivity index is 4.29. The highest BCUT2D eigenvalue weighted by Gasteiger charge is 2.23. The normalized spacial score (nSPS) is 12.6. The second-order valence-corrected chi connectivity index (χ2v) is 6.98. The maximum Gasteiger partial charge on any atom is 0.214 e. The molecule has 0 N–H and O–H groups in total. The number of sulfonamides is 1. The zero-order chi connectivity index (χ0) is 13.3. The summed E-state index contributed by atoms with van der Waals surface area (Å²) in [6.07, 6.45) is 6.08. The Morgan fingerprint density at radius 2 is 1.53 bits per heavy atom. The van der Waals surface area contributed by atoms with Crippen LogP contribution in [0, 0.1) is 0 Å². The Kier molecular flexibility index (Phi) is 8.88. The second-order valence-electron chi connectivity index (χ2n) is 4.93. The van der Waals surface area contributed by atoms with Gasteiger partial charge in [0.15, 0.2) is 0 Å². The van der Waals surface area contributed by atoms with E-state index >= 15 is 0 Å². The number of hydrogen-bond acceptors (Lipinski definition) is 2. The van der Waals surface area contributed by atoms with Gasteiger partial charge in [-0.25, -0.2) is 8.42 Å². The zero-order valence-corrected chi connectivity index (χ0v) is 12.7. The molecule has 0 fully saturated rings. The van der Waals surface area contributed by atoms with Crippen LogP contribution in [0.5, 0.6) is 0 Å². The van der Waals surface area contributed by atoms with Crippen molar-refractivity contribution in [2.75, 3.05) is 12.3 Å². The van der Waals surface area contributed by atoms with E-state index in [2.05, 4.69) is 13.8 Å². The number of rotatable bonds is 10. The van der Waals surface area contributed by atoms with Crippen LogP contribution in [0.4, 0.5) is 0 Å². The van der Waals surface area contributed by atoms with Gasteiger partial charge in [0.05, 0.1) is 5.75 Å². The highest BCUT2D eigenvalue weighted by atomic mass is 32.2. The van der Waals surface area contributed by atoms with Crippen molar-refractivity contribution in [3.05, 3.63) is 0 Å². The molecule has 104 valence electrons. The van der Waals surface area contributed by atoms with E-state index in [0.29, 0.717) is 12.3 Å². The summed E-state index contributed by atoms with van der Waals surface area (Å²) in [5.74, 6) is 0.314. The van der Waals surface area contributed by atoms with Gasteiger partial charge in [-0.15, -0.1) is 0 Å². The summed E-state index contributed by atoms with van der Waals surface area (Å²) in [7, 11) is -3.04. The van der Waals surface area contributed by atoms with Gasteiger partial charge in [0.25, 0.3) is 0 Å². The number of unbranched alkanes of at least 4 members (excludes halogenated alkanes) is 4. The molecule has 0 unspecified atom stereocenters. The highest BCUT2D eigenvalue weighted by molar-refractivity contribution is 7.89. The van der Waals surface area contributed by atoms with Crippen LogP contribution in [0.15, 0.2) is 0 Å². The van der Waals surface area contributed by atoms with Gasteiger partial charge in [0, 0.05) is 12.6 Å². The lowest BCUT2D eigenvalue weighted by molar-refractivity contribution is 0.347. The molecule has 4 heteroatoms. The van der Waals surface area contributed by atoms with E-state index in [-0.39, 0.29) is 6.04 Å². The van der Waals surface area contributed by atoms with Crippen molar-refractivity contribution < 1.29 is 8.42 Å². The molecule has 0 saturated heterocycles. The van der Waals surface area contributed by atoms with E-state index in [1.54, 1.807) is 4.31 Å². The minimum Gasteiger partial charge on any atom is -0.212 e. The van der Waals surface area contributed by atoms with E-state index in [0.717, 1.165) is 38.5 Å². The molecule has 0 aromatic rings. The van der Waals surface area contributed by atoms with Crippen LogP contribution in [0.25, 0.3) is 0 Å². The zero-order valence-electron chi connectivity index (χ0n) is 11.9. The fraction of sp³-hybridized carbons (Fsp3) is 1.00. The lowest BCUT2D eigenvalue weighted by Crippen LogP contribution is -2.39. The predicted molar refractivity (Wildman–Crippen MR) is 74.7 cm³/mol. The van der Waals surface area contributed by atoms with Crippen LogP contribution in [-0.2, 0) is 10.0 Å². The first-order valence-corrected chi connectivity index (χ1v) is 8.56. The van der Waals surface area contributed by atoms with Gasteiger partial charge in [-0.05, 0) is 26.7 Å². The van der Waals surface area contributed by atoms with Gasteiger partial charge in [0.2, 0.25) is 10.0 Å². The lowest BCUT2D eigenvalue weighted by Gasteiger charge is -2.25. The average molecular weight is 263 g/mol. The summed E-state index contributed by atoms with van der Waals surface area (Å²) >= 11 is 0. The molecular weight excluding hydrogens is 234 g/mol. The molecule has 0 amide bonds. The average Bonchev–Trinajstić information content (AvgIpc) is 2.24. The van der Waals surface area contributed by atoms with Crippen LogP contribution >= 0.6 is 0 Å². The first kappa shape index (κ1) is 16.9. The van der Waals surface area contributed by atoms with Crippen LogP contribution < -0.4 is 0 Å². The molecule has 0 spiro atoms. The first-order valence-electron chi connectivity index (χ1n) is 6.95. The molecule has 0 bridgehead atoms. The molecule has 3 nitrogen and oxygen atoms in total. The smallest absolute Gasteiger partial charge is 0.212 e. The van der Waals surface area contributed by atoms with Gasteiger partial charge < -0.3 is 0 Å². The largest absolute Gasteiger partial charge is 0.214 e. The Labute approximate surface area is 108 Å². The molecule has 0 aromatic heterocycles. The molecule has 0 rings (SSSR count). The van der Waals surface area contributed by atoms with Gasteiger partial charge in [-0.2, -0.15) is 4.31 Å². The van der Waals surface area contributed by atoms with E-state index in [9.17, 15) is 8.42 Å². The summed E-state index contributed by atoms with van der Waals surface area (Å²) in [6.45, 7) is 8.81. The van der Waals surface area contributed by atoms with E-state index < -0.39 is 10.0 Å². The van der Waals surface area contributed by atoms with Crippen molar-refractivity contribution in [3.8, 4) is 0 Å². The van der Waals surface area contributed by atoms with Crippen molar-refractivity contribution in [2.24, 2.45) is 0 Å². The summed E-state index contributed by atoms with van der Waals surface area (Å²) in [5.41, 5.74) is 0. The Morgan fingerprint density at radius 1 is 0.941 bits per heavy atom. The van der Waals surface area contributed by atoms with Gasteiger partial charge >= 0.3 is 0 Å². The van der Waals surface area contributed by atoms with Crippen molar-refractivity contribution in [2.45, 2.75) is 72.3 Å². The Hall–Kier alpha value is -0.0900. The quantitative estimate of drug-likeness (QED) is 0.566. The molecule has 0 heterocycles. The summed E-state index contributed by atoms with van der Waals surface area (Å²) < 4.78 is 26.0. The lowest BCUT2D eigenvalue weighted by atomic mass is 10.2. The third-order valence-corrected chi connectivity index (χ3v) is 5.04. The van der Waals surface area contributed by atoms with E-state index in [1.165, 1.54) is 0 Å². The fourth-order valence-electron chi connectivity index (χ4n) is 1.86. The Morgan fingerprint density at radius 3 is 2.00 bits per heavy atom. The topological polar surface area (TPSA) is 37.4 Å². The molecule has 0 saturated carbocycles. The highest BCUT2D eigenvalue weighted by Crippen LogP contribution is 2.12. The summed E-state index contributed by atoms with van der Waals surface area (Å²) in [6, 6.07) is 0.0812. The molecule has 0 aliphatic rings. The Bertz CT molecular complexity index is 273. The maximum atomic E-state index is 12.2. The number of nitrogens with zero attached hydrogens (tertiary/aromatic N) is 1. The van der Waals surface area contributed by atoms with Crippen LogP contribution in [-0.4, -0.2) is 31.1 Å². The van der Waals surface area contributed by atoms with Gasteiger partial charge in [-0.3, -0.25) is 0 Å². The minimum absolute atomic E-state index is 0.0812. The van der Waals surface area contributed by atoms with E-state index in [1.807, 2.05) is 13.8 Å². The predicted octanol–water partition coefficient (Wildman–Crippen LogP) is 3.41. The van der Waals surface area contributed by atoms with Crippen LogP contribution in [0.1, 0.15) is 66.2 Å². The molecule has 0 atom stereocenters. The van der Waals surface area contributed by atoms with Crippen molar-refractivity contribution >= 4 is 10.0 Å². The molecule has 17 heavy (non-hydrogen) atoms. The van der Waals surface area contributed by atoms with Gasteiger partial charge in [0.1, 0.15) is 0 Å². The third kappa shape index (κ3) is 7.04. The maximum absolute atomic E-state index is 12.2. The summed E-state index contributed by atoms with van der Waals surface area (Å²) in [5, 5.41) is 0. The minimum atomic E-state index is -3.04. The monoisotopic (exact) mass is 263 g/mol. The van der Waals surface area contributed by atoms with Crippen molar-refractivity contribution in [1.29, 1.82) is 0 Å². The molecule has 0 aliphatic carbocycles. The third-order valence-electron chi connectivity index (χ3n) is 2.92. The standard InChI is InChI=1S/C13H29NO2S/c1-5-7-9-10-12-17(15,16)14(13(3)4)11-8-6-2/h13H,5-12H2,1-4H3. The molecule has 0 radical (unpaired) electrons. The second kappa shape index (κ2) is 8.92. The molecular formula is C13H29NO2S. The number of hydrogen-bond donors (Lipinski definition) is 0.